The van der Waals surface area contributed by atoms with Crippen LogP contribution in [0.15, 0.2) is 48.7 Å². The van der Waals surface area contributed by atoms with E-state index in [9.17, 15) is 5.26 Å². The summed E-state index contributed by atoms with van der Waals surface area (Å²) in [5.74, 6) is 0.450. The van der Waals surface area contributed by atoms with Gasteiger partial charge in [-0.05, 0) is 50.8 Å². The van der Waals surface area contributed by atoms with Crippen LogP contribution in [0.2, 0.25) is 0 Å². The summed E-state index contributed by atoms with van der Waals surface area (Å²) in [5.41, 5.74) is 13.0. The van der Waals surface area contributed by atoms with Crippen LogP contribution < -0.4 is 16.0 Å². The number of benzene rings is 2. The van der Waals surface area contributed by atoms with E-state index in [0.717, 1.165) is 46.5 Å². The smallest absolute Gasteiger partial charge is 0.227 e. The van der Waals surface area contributed by atoms with Crippen LogP contribution in [-0.2, 0) is 7.05 Å². The molecule has 2 aromatic carbocycles. The van der Waals surface area contributed by atoms with Gasteiger partial charge in [0.1, 0.15) is 11.8 Å². The summed E-state index contributed by atoms with van der Waals surface area (Å²) in [5, 5.41) is 14.1. The van der Waals surface area contributed by atoms with E-state index in [2.05, 4.69) is 46.3 Å². The number of likely N-dealkylation sites (N-methyl/N-ethyl adjacent to an activating group) is 2. The summed E-state index contributed by atoms with van der Waals surface area (Å²) in [7, 11) is 8.06. The molecule has 0 saturated carbocycles. The Hall–Kier alpha value is -4.09. The maximum atomic E-state index is 9.82. The molecule has 0 fully saturated rings. The van der Waals surface area contributed by atoms with Crippen molar-refractivity contribution >= 4 is 33.9 Å². The van der Waals surface area contributed by atoms with Crippen molar-refractivity contribution in [1.82, 2.24) is 19.4 Å². The lowest BCUT2D eigenvalue weighted by Gasteiger charge is -2.24. The van der Waals surface area contributed by atoms with E-state index in [4.69, 9.17) is 10.7 Å². The molecule has 0 aliphatic rings. The minimum atomic E-state index is 0.450. The van der Waals surface area contributed by atoms with E-state index in [-0.39, 0.29) is 0 Å². The van der Waals surface area contributed by atoms with Crippen molar-refractivity contribution in [3.63, 3.8) is 0 Å². The number of hydrogen-bond acceptors (Lipinski definition) is 7. The first kappa shape index (κ1) is 23.1. The molecule has 0 bridgehead atoms. The van der Waals surface area contributed by atoms with Gasteiger partial charge in [-0.25, -0.2) is 9.97 Å². The number of nitrogens with zero attached hydrogens (tertiary/aromatic N) is 6. The van der Waals surface area contributed by atoms with Crippen LogP contribution in [0.5, 0.6) is 0 Å². The number of nitrogens with one attached hydrogen (secondary N) is 1. The number of anilines is 4. The third-order valence-electron chi connectivity index (χ3n) is 6.04. The van der Waals surface area contributed by atoms with Crippen molar-refractivity contribution < 1.29 is 0 Å². The van der Waals surface area contributed by atoms with Crippen LogP contribution in [0.4, 0.5) is 23.0 Å². The summed E-state index contributed by atoms with van der Waals surface area (Å²) >= 11 is 0. The third-order valence-corrected chi connectivity index (χ3v) is 6.04. The van der Waals surface area contributed by atoms with Gasteiger partial charge in [0.25, 0.3) is 0 Å². The topological polar surface area (TPSA) is 99.0 Å². The molecule has 0 spiro atoms. The molecule has 3 N–H and O–H groups in total. The molecule has 8 nitrogen and oxygen atoms in total. The molecule has 0 aliphatic carbocycles. The molecule has 0 radical (unpaired) electrons. The van der Waals surface area contributed by atoms with Gasteiger partial charge < -0.3 is 25.4 Å². The predicted molar refractivity (Wildman–Crippen MR) is 139 cm³/mol. The molecule has 2 aromatic heterocycles. The highest BCUT2D eigenvalue weighted by Gasteiger charge is 2.18. The Morgan fingerprint density at radius 1 is 1.12 bits per heavy atom. The normalized spacial score (nSPS) is 11.1. The number of nitriles is 1. The summed E-state index contributed by atoms with van der Waals surface area (Å²) < 4.78 is 1.90. The zero-order chi connectivity index (χ0) is 24.4. The SMILES string of the molecule is Cc1cc(N(C)CCN(C)C)c(N)cc1Nc1nccc(-c2c(C#N)n(C)c3ccccc23)n1. The molecule has 0 aliphatic heterocycles. The van der Waals surface area contributed by atoms with Crippen molar-refractivity contribution in [2.75, 3.05) is 50.2 Å². The first-order valence-corrected chi connectivity index (χ1v) is 11.1. The lowest BCUT2D eigenvalue weighted by atomic mass is 10.1. The highest BCUT2D eigenvalue weighted by Crippen LogP contribution is 2.34. The number of hydrogen-bond donors (Lipinski definition) is 2. The fourth-order valence-corrected chi connectivity index (χ4v) is 4.11. The number of fused-ring (bicyclic) bond motifs is 1. The molecule has 0 saturated heterocycles. The van der Waals surface area contributed by atoms with E-state index in [1.54, 1.807) is 6.20 Å². The number of aryl methyl sites for hydroxylation is 2. The van der Waals surface area contributed by atoms with Gasteiger partial charge in [0.2, 0.25) is 5.95 Å². The van der Waals surface area contributed by atoms with Gasteiger partial charge in [0.15, 0.2) is 0 Å². The Labute approximate surface area is 200 Å². The Balaban J connectivity index is 1.67. The van der Waals surface area contributed by atoms with Gasteiger partial charge in [0.05, 0.1) is 17.1 Å². The van der Waals surface area contributed by atoms with Crippen molar-refractivity contribution in [1.29, 1.82) is 5.26 Å². The second-order valence-corrected chi connectivity index (χ2v) is 8.75. The minimum absolute atomic E-state index is 0.450. The Morgan fingerprint density at radius 3 is 2.62 bits per heavy atom. The number of nitrogen functional groups attached to an aromatic ring is 1. The van der Waals surface area contributed by atoms with E-state index in [1.165, 1.54) is 0 Å². The molecule has 8 heteroatoms. The fourth-order valence-electron chi connectivity index (χ4n) is 4.11. The van der Waals surface area contributed by atoms with E-state index < -0.39 is 0 Å². The molecule has 174 valence electrons. The maximum absolute atomic E-state index is 9.82. The van der Waals surface area contributed by atoms with Gasteiger partial charge in [-0.15, -0.1) is 0 Å². The maximum Gasteiger partial charge on any atom is 0.227 e. The van der Waals surface area contributed by atoms with Gasteiger partial charge in [0, 0.05) is 55.5 Å². The largest absolute Gasteiger partial charge is 0.397 e. The Kier molecular flexibility index (Phi) is 6.39. The van der Waals surface area contributed by atoms with Crippen LogP contribution in [0.25, 0.3) is 22.2 Å². The average Bonchev–Trinajstić information content (AvgIpc) is 3.11. The van der Waals surface area contributed by atoms with Crippen molar-refractivity contribution in [2.24, 2.45) is 7.05 Å². The molecule has 2 heterocycles. The zero-order valence-electron chi connectivity index (χ0n) is 20.3. The van der Waals surface area contributed by atoms with Crippen LogP contribution in [0, 0.1) is 18.3 Å². The van der Waals surface area contributed by atoms with Crippen LogP contribution in [-0.4, -0.2) is 53.7 Å². The molecule has 4 aromatic rings. The molecule has 4 rings (SSSR count). The fraction of sp³-hybridized carbons (Fsp3) is 0.269. The van der Waals surface area contributed by atoms with Crippen LogP contribution in [0.3, 0.4) is 0 Å². The standard InChI is InChI=1S/C26H30N8/c1-17-14-23(33(4)13-12-32(2)3)19(28)15-21(17)31-26-29-11-10-20(30-26)25-18-8-6-7-9-22(18)34(5)24(25)16-27/h6-11,14-15H,12-13,28H2,1-5H3,(H,29,30,31). The van der Waals surface area contributed by atoms with Gasteiger partial charge in [-0.1, -0.05) is 18.2 Å². The van der Waals surface area contributed by atoms with Crippen molar-refractivity contribution in [3.05, 3.63) is 59.9 Å². The quantitative estimate of drug-likeness (QED) is 0.405. The van der Waals surface area contributed by atoms with Crippen molar-refractivity contribution in [3.8, 4) is 17.3 Å². The summed E-state index contributed by atoms with van der Waals surface area (Å²) in [6.45, 7) is 3.85. The molecule has 34 heavy (non-hydrogen) atoms. The number of aromatic nitrogens is 3. The molecular weight excluding hydrogens is 424 g/mol. The Morgan fingerprint density at radius 2 is 1.88 bits per heavy atom. The van der Waals surface area contributed by atoms with Gasteiger partial charge in [-0.3, -0.25) is 0 Å². The van der Waals surface area contributed by atoms with Crippen LogP contribution in [0.1, 0.15) is 11.3 Å². The minimum Gasteiger partial charge on any atom is -0.397 e. The lowest BCUT2D eigenvalue weighted by molar-refractivity contribution is 0.416. The summed E-state index contributed by atoms with van der Waals surface area (Å²) in [4.78, 5) is 13.5. The third kappa shape index (κ3) is 4.38. The van der Waals surface area contributed by atoms with E-state index >= 15 is 0 Å². The highest BCUT2D eigenvalue weighted by atomic mass is 15.2. The van der Waals surface area contributed by atoms with Gasteiger partial charge >= 0.3 is 0 Å². The number of nitrogens with two attached hydrogens (primary N) is 1. The average molecular weight is 455 g/mol. The lowest BCUT2D eigenvalue weighted by Crippen LogP contribution is -2.29. The number of rotatable bonds is 7. The monoisotopic (exact) mass is 454 g/mol. The second-order valence-electron chi connectivity index (χ2n) is 8.75. The first-order chi connectivity index (χ1) is 16.3. The van der Waals surface area contributed by atoms with E-state index in [1.807, 2.05) is 62.0 Å². The zero-order valence-corrected chi connectivity index (χ0v) is 20.3. The molecule has 0 atom stereocenters. The summed E-state index contributed by atoms with van der Waals surface area (Å²) in [6, 6.07) is 16.1. The molecule has 0 unspecified atom stereocenters. The molecule has 0 amide bonds. The predicted octanol–water partition coefficient (Wildman–Crippen LogP) is 4.14. The highest BCUT2D eigenvalue weighted by molar-refractivity contribution is 5.98. The Bertz CT molecular complexity index is 1380. The second kappa shape index (κ2) is 9.41. The first-order valence-electron chi connectivity index (χ1n) is 11.1. The van der Waals surface area contributed by atoms with Crippen molar-refractivity contribution in [2.45, 2.75) is 6.92 Å². The van der Waals surface area contributed by atoms with Crippen LogP contribution >= 0.6 is 0 Å². The number of para-hydroxylation sites is 1. The van der Waals surface area contributed by atoms with E-state index in [0.29, 0.717) is 23.0 Å². The summed E-state index contributed by atoms with van der Waals surface area (Å²) in [6.07, 6.45) is 1.70. The molecular formula is C26H30N8. The van der Waals surface area contributed by atoms with Gasteiger partial charge in [-0.2, -0.15) is 5.26 Å².